The highest BCUT2D eigenvalue weighted by Crippen LogP contribution is 2.27. The molecule has 3 heteroatoms. The Morgan fingerprint density at radius 2 is 2.21 bits per heavy atom. The minimum atomic E-state index is -0.0965. The van der Waals surface area contributed by atoms with Gasteiger partial charge in [-0.2, -0.15) is 0 Å². The van der Waals surface area contributed by atoms with Crippen LogP contribution in [0.3, 0.4) is 0 Å². The Balaban J connectivity index is 2.07. The number of amides is 1. The van der Waals surface area contributed by atoms with Gasteiger partial charge in [0, 0.05) is 12.5 Å². The summed E-state index contributed by atoms with van der Waals surface area (Å²) in [4.78, 5) is 11.2. The summed E-state index contributed by atoms with van der Waals surface area (Å²) >= 11 is 0. The summed E-state index contributed by atoms with van der Waals surface area (Å²) in [5.74, 6) is 0.810. The van der Waals surface area contributed by atoms with Gasteiger partial charge in [-0.15, -0.1) is 0 Å². The molecule has 1 fully saturated rings. The lowest BCUT2D eigenvalue weighted by atomic mass is 10.0. The number of hydrogen-bond acceptors (Lipinski definition) is 2. The fourth-order valence-corrected chi connectivity index (χ4v) is 1.91. The Morgan fingerprint density at radius 3 is 2.71 bits per heavy atom. The smallest absolute Gasteiger partial charge is 0.222 e. The molecule has 1 aliphatic carbocycles. The molecule has 0 aromatic rings. The van der Waals surface area contributed by atoms with Crippen molar-refractivity contribution >= 4 is 5.91 Å². The van der Waals surface area contributed by atoms with E-state index in [9.17, 15) is 9.90 Å². The van der Waals surface area contributed by atoms with E-state index in [1.807, 2.05) is 13.8 Å². The van der Waals surface area contributed by atoms with E-state index in [-0.39, 0.29) is 17.9 Å². The van der Waals surface area contributed by atoms with E-state index in [1.54, 1.807) is 0 Å². The van der Waals surface area contributed by atoms with Gasteiger partial charge in [0.05, 0.1) is 6.10 Å². The normalized spacial score (nSPS) is 26.9. The van der Waals surface area contributed by atoms with Crippen LogP contribution in [0.4, 0.5) is 0 Å². The summed E-state index contributed by atoms with van der Waals surface area (Å²) in [6.45, 7) is 4.55. The number of aliphatic hydroxyl groups excluding tert-OH is 1. The third-order valence-corrected chi connectivity index (χ3v) is 2.89. The largest absolute Gasteiger partial charge is 0.393 e. The Kier molecular flexibility index (Phi) is 4.39. The third-order valence-electron chi connectivity index (χ3n) is 2.89. The second-order valence-corrected chi connectivity index (χ2v) is 4.57. The molecule has 0 spiro atoms. The number of carbonyl (C=O) groups is 1. The van der Waals surface area contributed by atoms with Crippen LogP contribution in [0.5, 0.6) is 0 Å². The van der Waals surface area contributed by atoms with Gasteiger partial charge in [-0.05, 0) is 31.6 Å². The number of nitrogens with one attached hydrogen (secondary N) is 1. The molecule has 14 heavy (non-hydrogen) atoms. The molecule has 0 aliphatic heterocycles. The first kappa shape index (κ1) is 11.5. The Hall–Kier alpha value is -0.570. The molecule has 0 radical (unpaired) electrons. The van der Waals surface area contributed by atoms with Crippen LogP contribution in [0.1, 0.15) is 39.5 Å². The number of hydrogen-bond donors (Lipinski definition) is 2. The molecule has 1 saturated carbocycles. The Bertz CT molecular complexity index is 192. The zero-order valence-corrected chi connectivity index (χ0v) is 9.12. The first-order chi connectivity index (χ1) is 6.59. The van der Waals surface area contributed by atoms with Crippen LogP contribution in [-0.4, -0.2) is 23.7 Å². The van der Waals surface area contributed by atoms with E-state index in [1.165, 1.54) is 0 Å². The average molecular weight is 199 g/mol. The van der Waals surface area contributed by atoms with Crippen molar-refractivity contribution in [2.24, 2.45) is 11.8 Å². The zero-order chi connectivity index (χ0) is 10.6. The number of carbonyl (C=O) groups excluding carboxylic acids is 1. The highest BCUT2D eigenvalue weighted by atomic mass is 16.3. The first-order valence-corrected chi connectivity index (χ1v) is 5.55. The lowest BCUT2D eigenvalue weighted by Crippen LogP contribution is -2.29. The molecular weight excluding hydrogens is 178 g/mol. The van der Waals surface area contributed by atoms with E-state index < -0.39 is 0 Å². The number of rotatable bonds is 4. The molecule has 0 bridgehead atoms. The highest BCUT2D eigenvalue weighted by molar-refractivity contribution is 5.77. The summed E-state index contributed by atoms with van der Waals surface area (Å²) in [5, 5.41) is 12.2. The average Bonchev–Trinajstić information content (AvgIpc) is 2.51. The van der Waals surface area contributed by atoms with Crippen molar-refractivity contribution in [3.63, 3.8) is 0 Å². The van der Waals surface area contributed by atoms with Gasteiger partial charge in [-0.3, -0.25) is 4.79 Å². The molecule has 1 rings (SSSR count). The molecule has 2 atom stereocenters. The van der Waals surface area contributed by atoms with Crippen LogP contribution in [0.15, 0.2) is 0 Å². The SMILES string of the molecule is CC(C)C(=O)NCC[C@H]1CC[C@H](O)C1. The highest BCUT2D eigenvalue weighted by Gasteiger charge is 2.22. The monoisotopic (exact) mass is 199 g/mol. The first-order valence-electron chi connectivity index (χ1n) is 5.55. The van der Waals surface area contributed by atoms with Gasteiger partial charge in [0.1, 0.15) is 0 Å². The lowest BCUT2D eigenvalue weighted by Gasteiger charge is -2.11. The second-order valence-electron chi connectivity index (χ2n) is 4.57. The van der Waals surface area contributed by atoms with E-state index >= 15 is 0 Å². The van der Waals surface area contributed by atoms with Crippen LogP contribution < -0.4 is 5.32 Å². The molecule has 0 aromatic carbocycles. The lowest BCUT2D eigenvalue weighted by molar-refractivity contribution is -0.124. The van der Waals surface area contributed by atoms with Crippen molar-refractivity contribution in [3.8, 4) is 0 Å². The van der Waals surface area contributed by atoms with Gasteiger partial charge in [-0.1, -0.05) is 13.8 Å². The number of aliphatic hydroxyl groups is 1. The van der Waals surface area contributed by atoms with E-state index in [4.69, 9.17) is 0 Å². The predicted octanol–water partition coefficient (Wildman–Crippen LogP) is 1.31. The van der Waals surface area contributed by atoms with E-state index in [0.29, 0.717) is 5.92 Å². The van der Waals surface area contributed by atoms with Crippen LogP contribution >= 0.6 is 0 Å². The molecule has 3 nitrogen and oxygen atoms in total. The summed E-state index contributed by atoms with van der Waals surface area (Å²) in [6.07, 6.45) is 3.87. The summed E-state index contributed by atoms with van der Waals surface area (Å²) in [6, 6.07) is 0. The molecule has 1 amide bonds. The molecule has 2 N–H and O–H groups in total. The standard InChI is InChI=1S/C11H21NO2/c1-8(2)11(14)12-6-5-9-3-4-10(13)7-9/h8-10,13H,3-7H2,1-2H3,(H,12,14)/t9-,10+/m1/s1. The summed E-state index contributed by atoms with van der Waals surface area (Å²) in [5.41, 5.74) is 0. The van der Waals surface area contributed by atoms with Crippen LogP contribution in [0.25, 0.3) is 0 Å². The molecule has 82 valence electrons. The molecule has 0 aromatic heterocycles. The van der Waals surface area contributed by atoms with Crippen molar-refractivity contribution in [3.05, 3.63) is 0 Å². The van der Waals surface area contributed by atoms with Crippen LogP contribution in [0, 0.1) is 11.8 Å². The van der Waals surface area contributed by atoms with Crippen LogP contribution in [-0.2, 0) is 4.79 Å². The molecule has 0 saturated heterocycles. The van der Waals surface area contributed by atoms with E-state index in [2.05, 4.69) is 5.32 Å². The van der Waals surface area contributed by atoms with Gasteiger partial charge in [-0.25, -0.2) is 0 Å². The Morgan fingerprint density at radius 1 is 1.50 bits per heavy atom. The maximum Gasteiger partial charge on any atom is 0.222 e. The second kappa shape index (κ2) is 5.35. The van der Waals surface area contributed by atoms with Gasteiger partial charge in [0.2, 0.25) is 5.91 Å². The summed E-state index contributed by atoms with van der Waals surface area (Å²) < 4.78 is 0. The molecular formula is C11H21NO2. The van der Waals surface area contributed by atoms with Crippen molar-refractivity contribution in [2.75, 3.05) is 6.54 Å². The van der Waals surface area contributed by atoms with Crippen molar-refractivity contribution in [1.82, 2.24) is 5.32 Å². The zero-order valence-electron chi connectivity index (χ0n) is 9.12. The molecule has 1 aliphatic rings. The maximum absolute atomic E-state index is 11.2. The van der Waals surface area contributed by atoms with Crippen molar-refractivity contribution in [2.45, 2.75) is 45.6 Å². The maximum atomic E-state index is 11.2. The van der Waals surface area contributed by atoms with Crippen LogP contribution in [0.2, 0.25) is 0 Å². The molecule has 0 unspecified atom stereocenters. The molecule has 0 heterocycles. The fourth-order valence-electron chi connectivity index (χ4n) is 1.91. The minimum Gasteiger partial charge on any atom is -0.393 e. The topological polar surface area (TPSA) is 49.3 Å². The van der Waals surface area contributed by atoms with E-state index in [0.717, 1.165) is 32.2 Å². The van der Waals surface area contributed by atoms with Crippen molar-refractivity contribution < 1.29 is 9.90 Å². The third kappa shape index (κ3) is 3.66. The van der Waals surface area contributed by atoms with Gasteiger partial charge in [0.15, 0.2) is 0 Å². The summed E-state index contributed by atoms with van der Waals surface area (Å²) in [7, 11) is 0. The minimum absolute atomic E-state index is 0.0733. The van der Waals surface area contributed by atoms with Crippen molar-refractivity contribution in [1.29, 1.82) is 0 Å². The van der Waals surface area contributed by atoms with Gasteiger partial charge < -0.3 is 10.4 Å². The van der Waals surface area contributed by atoms with Gasteiger partial charge in [0.25, 0.3) is 0 Å². The predicted molar refractivity (Wildman–Crippen MR) is 55.8 cm³/mol. The fraction of sp³-hybridized carbons (Fsp3) is 0.909. The van der Waals surface area contributed by atoms with Gasteiger partial charge >= 0.3 is 0 Å². The Labute approximate surface area is 85.9 Å². The quantitative estimate of drug-likeness (QED) is 0.717.